The molecule has 108 valence electrons. The molecule has 0 fully saturated rings. The molecular weight excluding hydrogens is 273 g/mol. The van der Waals surface area contributed by atoms with Gasteiger partial charge in [-0.15, -0.1) is 0 Å². The van der Waals surface area contributed by atoms with Gasteiger partial charge in [0, 0.05) is 5.70 Å². The standard InChI is InChI=1S/C13H13F3N2O2/c1-20-11-8-3-2-7-10(11)17-18(9-5-4-6-9)12(19)13(14,15)16/h2-3,5,7-8,17H,4,6H2,1H3. The van der Waals surface area contributed by atoms with Crippen LogP contribution in [0.4, 0.5) is 18.9 Å². The summed E-state index contributed by atoms with van der Waals surface area (Å²) in [7, 11) is 1.40. The van der Waals surface area contributed by atoms with Crippen LogP contribution in [0, 0.1) is 0 Å². The second kappa shape index (κ2) is 5.44. The van der Waals surface area contributed by atoms with E-state index in [0.717, 1.165) is 0 Å². The molecule has 1 amide bonds. The van der Waals surface area contributed by atoms with Gasteiger partial charge >= 0.3 is 12.1 Å². The van der Waals surface area contributed by atoms with Crippen molar-refractivity contribution in [3.8, 4) is 5.75 Å². The van der Waals surface area contributed by atoms with Crippen LogP contribution < -0.4 is 10.2 Å². The smallest absolute Gasteiger partial charge is 0.473 e. The van der Waals surface area contributed by atoms with Gasteiger partial charge in [0.1, 0.15) is 5.75 Å². The van der Waals surface area contributed by atoms with Crippen molar-refractivity contribution in [2.24, 2.45) is 0 Å². The number of amides is 1. The Morgan fingerprint density at radius 1 is 1.35 bits per heavy atom. The first-order valence-corrected chi connectivity index (χ1v) is 5.93. The number of hydrogen-bond acceptors (Lipinski definition) is 3. The molecule has 1 aromatic carbocycles. The first-order chi connectivity index (χ1) is 9.43. The molecule has 0 heterocycles. The highest BCUT2D eigenvalue weighted by molar-refractivity contribution is 5.85. The highest BCUT2D eigenvalue weighted by atomic mass is 19.4. The van der Waals surface area contributed by atoms with E-state index in [1.54, 1.807) is 24.3 Å². The van der Waals surface area contributed by atoms with E-state index < -0.39 is 12.1 Å². The quantitative estimate of drug-likeness (QED) is 0.865. The van der Waals surface area contributed by atoms with Crippen molar-refractivity contribution in [3.63, 3.8) is 0 Å². The average molecular weight is 286 g/mol. The largest absolute Gasteiger partial charge is 0.495 e. The van der Waals surface area contributed by atoms with E-state index in [-0.39, 0.29) is 0 Å². The third kappa shape index (κ3) is 2.87. The Balaban J connectivity index is 2.27. The van der Waals surface area contributed by atoms with E-state index in [2.05, 4.69) is 5.43 Å². The van der Waals surface area contributed by atoms with Crippen LogP contribution in [0.15, 0.2) is 36.0 Å². The number of rotatable bonds is 4. The number of halogens is 3. The summed E-state index contributed by atoms with van der Waals surface area (Å²) in [4.78, 5) is 11.5. The molecular formula is C13H13F3N2O2. The van der Waals surface area contributed by atoms with Crippen LogP contribution >= 0.6 is 0 Å². The molecule has 0 spiro atoms. The normalized spacial score (nSPS) is 14.1. The van der Waals surface area contributed by atoms with Gasteiger partial charge in [0.05, 0.1) is 12.8 Å². The van der Waals surface area contributed by atoms with Crippen molar-refractivity contribution < 1.29 is 22.7 Å². The molecule has 0 aromatic heterocycles. The van der Waals surface area contributed by atoms with Gasteiger partial charge in [-0.25, -0.2) is 5.01 Å². The molecule has 0 saturated carbocycles. The van der Waals surface area contributed by atoms with Gasteiger partial charge in [-0.1, -0.05) is 18.2 Å². The van der Waals surface area contributed by atoms with Gasteiger partial charge in [-0.2, -0.15) is 13.2 Å². The van der Waals surface area contributed by atoms with Crippen molar-refractivity contribution in [1.29, 1.82) is 0 Å². The molecule has 7 heteroatoms. The number of ether oxygens (including phenoxy) is 1. The second-order valence-corrected chi connectivity index (χ2v) is 4.18. The third-order valence-electron chi connectivity index (χ3n) is 2.85. The van der Waals surface area contributed by atoms with Gasteiger partial charge < -0.3 is 4.74 Å². The number of hydrazine groups is 1. The summed E-state index contributed by atoms with van der Waals surface area (Å²) in [5.41, 5.74) is 3.07. The predicted octanol–water partition coefficient (Wildman–Crippen LogP) is 3.09. The van der Waals surface area contributed by atoms with Crippen LogP contribution in [0.3, 0.4) is 0 Å². The fraction of sp³-hybridized carbons (Fsp3) is 0.308. The molecule has 0 radical (unpaired) electrons. The summed E-state index contributed by atoms with van der Waals surface area (Å²) >= 11 is 0. The minimum absolute atomic E-state index is 0.292. The molecule has 1 aliphatic carbocycles. The molecule has 0 saturated heterocycles. The number of methoxy groups -OCH3 is 1. The van der Waals surface area contributed by atoms with Crippen LogP contribution in [0.1, 0.15) is 12.8 Å². The third-order valence-corrected chi connectivity index (χ3v) is 2.85. The first kappa shape index (κ1) is 14.2. The Kier molecular flexibility index (Phi) is 3.87. The van der Waals surface area contributed by atoms with Crippen LogP contribution in [-0.2, 0) is 4.79 Å². The van der Waals surface area contributed by atoms with Crippen LogP contribution in [-0.4, -0.2) is 24.2 Å². The topological polar surface area (TPSA) is 41.6 Å². The number of carbonyl (C=O) groups is 1. The van der Waals surface area contributed by atoms with E-state index in [9.17, 15) is 18.0 Å². The zero-order chi connectivity index (χ0) is 14.8. The van der Waals surface area contributed by atoms with E-state index in [1.807, 2.05) is 0 Å². The number of anilines is 1. The minimum Gasteiger partial charge on any atom is -0.495 e. The van der Waals surface area contributed by atoms with Crippen molar-refractivity contribution in [2.75, 3.05) is 12.5 Å². The Labute approximate surface area is 113 Å². The number of allylic oxidation sites excluding steroid dienone is 2. The van der Waals surface area contributed by atoms with Gasteiger partial charge in [0.15, 0.2) is 0 Å². The van der Waals surface area contributed by atoms with Gasteiger partial charge in [-0.05, 0) is 25.0 Å². The number of hydrogen-bond donors (Lipinski definition) is 1. The number of para-hydroxylation sites is 2. The number of benzene rings is 1. The maximum Gasteiger partial charge on any atom is 0.473 e. The molecule has 1 aliphatic rings. The number of nitrogens with one attached hydrogen (secondary N) is 1. The Morgan fingerprint density at radius 3 is 2.50 bits per heavy atom. The molecule has 4 nitrogen and oxygen atoms in total. The fourth-order valence-electron chi connectivity index (χ4n) is 1.71. The van der Waals surface area contributed by atoms with Crippen molar-refractivity contribution in [3.05, 3.63) is 36.0 Å². The van der Waals surface area contributed by atoms with E-state index in [4.69, 9.17) is 4.74 Å². The Morgan fingerprint density at radius 2 is 2.00 bits per heavy atom. The molecule has 0 aliphatic heterocycles. The highest BCUT2D eigenvalue weighted by Crippen LogP contribution is 2.31. The van der Waals surface area contributed by atoms with E-state index in [1.165, 1.54) is 13.2 Å². The Bertz CT molecular complexity index is 541. The molecule has 1 aromatic rings. The zero-order valence-electron chi connectivity index (χ0n) is 10.7. The maximum absolute atomic E-state index is 12.6. The number of nitrogens with zero attached hydrogens (tertiary/aromatic N) is 1. The molecule has 2 rings (SSSR count). The van der Waals surface area contributed by atoms with E-state index in [0.29, 0.717) is 35.0 Å². The lowest BCUT2D eigenvalue weighted by atomic mass is 10.1. The molecule has 0 bridgehead atoms. The number of carbonyl (C=O) groups excluding carboxylic acids is 1. The van der Waals surface area contributed by atoms with E-state index >= 15 is 0 Å². The minimum atomic E-state index is -4.94. The van der Waals surface area contributed by atoms with Crippen molar-refractivity contribution >= 4 is 11.6 Å². The first-order valence-electron chi connectivity index (χ1n) is 5.93. The summed E-state index contributed by atoms with van der Waals surface area (Å²) in [5, 5.41) is 0.529. The second-order valence-electron chi connectivity index (χ2n) is 4.18. The average Bonchev–Trinajstić information content (AvgIpc) is 2.34. The molecule has 20 heavy (non-hydrogen) atoms. The SMILES string of the molecule is COc1ccccc1NN(C(=O)C(F)(F)F)C1=CCC1. The van der Waals surface area contributed by atoms with Crippen LogP contribution in [0.25, 0.3) is 0 Å². The predicted molar refractivity (Wildman–Crippen MR) is 66.8 cm³/mol. The summed E-state index contributed by atoms with van der Waals surface area (Å²) < 4.78 is 42.9. The Hall–Kier alpha value is -2.18. The fourth-order valence-corrected chi connectivity index (χ4v) is 1.71. The van der Waals surface area contributed by atoms with Gasteiger partial charge in [0.2, 0.25) is 0 Å². The molecule has 0 unspecified atom stereocenters. The van der Waals surface area contributed by atoms with Crippen LogP contribution in [0.2, 0.25) is 0 Å². The van der Waals surface area contributed by atoms with Crippen LogP contribution in [0.5, 0.6) is 5.75 Å². The maximum atomic E-state index is 12.6. The summed E-state index contributed by atoms with van der Waals surface area (Å²) in [6.45, 7) is 0. The summed E-state index contributed by atoms with van der Waals surface area (Å²) in [6, 6.07) is 6.45. The van der Waals surface area contributed by atoms with Crippen molar-refractivity contribution in [1.82, 2.24) is 5.01 Å². The molecule has 0 atom stereocenters. The van der Waals surface area contributed by atoms with Gasteiger partial charge in [-0.3, -0.25) is 10.2 Å². The highest BCUT2D eigenvalue weighted by Gasteiger charge is 2.44. The van der Waals surface area contributed by atoms with Crippen molar-refractivity contribution in [2.45, 2.75) is 19.0 Å². The van der Waals surface area contributed by atoms with Gasteiger partial charge in [0.25, 0.3) is 0 Å². The lowest BCUT2D eigenvalue weighted by molar-refractivity contribution is -0.182. The lowest BCUT2D eigenvalue weighted by Crippen LogP contribution is -2.45. The molecule has 1 N–H and O–H groups in total. The number of alkyl halides is 3. The monoisotopic (exact) mass is 286 g/mol. The zero-order valence-corrected chi connectivity index (χ0v) is 10.7. The lowest BCUT2D eigenvalue weighted by Gasteiger charge is -2.31. The summed E-state index contributed by atoms with van der Waals surface area (Å²) in [5.74, 6) is -1.60. The summed E-state index contributed by atoms with van der Waals surface area (Å²) in [6.07, 6.45) is -2.29.